The highest BCUT2D eigenvalue weighted by Crippen LogP contribution is 2.48. The molecule has 4 aliphatic rings. The highest BCUT2D eigenvalue weighted by atomic mass is 16.8. The molecule has 2 aromatic rings. The molecule has 21 nitrogen and oxygen atoms in total. The number of carbonyl (C=O) groups is 1. The van der Waals surface area contributed by atoms with E-state index in [4.69, 9.17) is 33.2 Å². The number of ether oxygens (including phenoxy) is 7. The van der Waals surface area contributed by atoms with Crippen LogP contribution in [0.4, 0.5) is 0 Å². The predicted molar refractivity (Wildman–Crippen MR) is 193 cm³/mol. The van der Waals surface area contributed by atoms with Crippen LogP contribution in [0.3, 0.4) is 0 Å². The van der Waals surface area contributed by atoms with Crippen molar-refractivity contribution in [3.05, 3.63) is 47.0 Å². The van der Waals surface area contributed by atoms with Crippen LogP contribution in [0.5, 0.6) is 23.0 Å². The van der Waals surface area contributed by atoms with Crippen molar-refractivity contribution in [3.63, 3.8) is 0 Å². The fourth-order valence-corrected chi connectivity index (χ4v) is 7.55. The normalized spacial score (nSPS) is 41.5. The number of aromatic hydroxyl groups is 3. The van der Waals surface area contributed by atoms with E-state index in [0.717, 1.165) is 6.07 Å². The topological polar surface area (TPSA) is 345 Å². The van der Waals surface area contributed by atoms with Crippen LogP contribution in [0.1, 0.15) is 54.8 Å². The zero-order valence-corrected chi connectivity index (χ0v) is 32.1. The molecule has 4 saturated heterocycles. The van der Waals surface area contributed by atoms with E-state index < -0.39 is 157 Å². The quantitative estimate of drug-likeness (QED) is 0.0930. The van der Waals surface area contributed by atoms with Crippen LogP contribution in [0.25, 0.3) is 0 Å². The zero-order chi connectivity index (χ0) is 43.2. The van der Waals surface area contributed by atoms with E-state index in [1.807, 2.05) is 0 Å². The van der Waals surface area contributed by atoms with Crippen molar-refractivity contribution < 1.29 is 104 Å². The Morgan fingerprint density at radius 1 is 0.627 bits per heavy atom. The molecule has 21 heteroatoms. The van der Waals surface area contributed by atoms with Gasteiger partial charge in [-0.25, -0.2) is 0 Å². The van der Waals surface area contributed by atoms with Crippen molar-refractivity contribution in [1.82, 2.24) is 0 Å². The molecule has 13 N–H and O–H groups in total. The summed E-state index contributed by atoms with van der Waals surface area (Å²) in [6.07, 6.45) is -30.6. The third kappa shape index (κ3) is 9.02. The van der Waals surface area contributed by atoms with E-state index in [2.05, 4.69) is 0 Å². The molecule has 4 heterocycles. The molecule has 4 fully saturated rings. The lowest BCUT2D eigenvalue weighted by atomic mass is 9.88. The molecule has 0 saturated carbocycles. The number of aryl methyl sites for hydroxylation is 1. The lowest BCUT2D eigenvalue weighted by Crippen LogP contribution is -2.61. The average molecular weight is 845 g/mol. The SMILES string of the molecule is C[C@@H]1O[C@@H](O[C@H]2[C@H](Oc3cc(O)c([C@@H]4O[C@H](C)[C@H](O)[C@H](O[C@@H]5O[C@H](C)[C@H](O)[C@H](O)[C@H]5O)[C@H]4O)c(O)c3C(=O)CCc3ccc(O)cc3)O[C@@H](CO)[C@@H]2O)[C@H](O)[C@H](O)[C@H]1O. The maximum atomic E-state index is 14.1. The molecule has 0 aliphatic carbocycles. The Balaban J connectivity index is 1.35. The number of hydrogen-bond acceptors (Lipinski definition) is 21. The molecule has 4 aliphatic heterocycles. The summed E-state index contributed by atoms with van der Waals surface area (Å²) in [4.78, 5) is 14.1. The minimum Gasteiger partial charge on any atom is -0.508 e. The summed E-state index contributed by atoms with van der Waals surface area (Å²) in [7, 11) is 0. The first-order valence-electron chi connectivity index (χ1n) is 19.1. The molecule has 59 heavy (non-hydrogen) atoms. The smallest absolute Gasteiger partial charge is 0.229 e. The molecule has 0 bridgehead atoms. The van der Waals surface area contributed by atoms with Crippen molar-refractivity contribution in [3.8, 4) is 23.0 Å². The highest BCUT2D eigenvalue weighted by molar-refractivity contribution is 6.02. The fraction of sp³-hybridized carbons (Fsp3) is 0.658. The van der Waals surface area contributed by atoms with E-state index in [1.54, 1.807) is 12.1 Å². The van der Waals surface area contributed by atoms with Crippen LogP contribution < -0.4 is 4.74 Å². The number of phenols is 3. The van der Waals surface area contributed by atoms with Crippen molar-refractivity contribution in [1.29, 1.82) is 0 Å². The Morgan fingerprint density at radius 3 is 1.73 bits per heavy atom. The molecule has 0 amide bonds. The van der Waals surface area contributed by atoms with Crippen LogP contribution in [-0.4, -0.2) is 189 Å². The van der Waals surface area contributed by atoms with Gasteiger partial charge in [0.2, 0.25) is 6.29 Å². The van der Waals surface area contributed by atoms with Crippen molar-refractivity contribution in [2.75, 3.05) is 6.61 Å². The van der Waals surface area contributed by atoms with Crippen molar-refractivity contribution >= 4 is 5.78 Å². The number of carbonyl (C=O) groups excluding carboxylic acids is 1. The Hall–Kier alpha value is -3.33. The third-order valence-electron chi connectivity index (χ3n) is 11.2. The van der Waals surface area contributed by atoms with Gasteiger partial charge in [0.15, 0.2) is 24.5 Å². The lowest BCUT2D eigenvalue weighted by molar-refractivity contribution is -0.336. The molecule has 2 aromatic carbocycles. The van der Waals surface area contributed by atoms with Gasteiger partial charge in [-0.3, -0.25) is 4.79 Å². The minimum atomic E-state index is -1.98. The number of Topliss-reactive ketones (excluding diaryl/α,β-unsaturated/α-hetero) is 1. The van der Waals surface area contributed by atoms with Gasteiger partial charge in [-0.15, -0.1) is 0 Å². The van der Waals surface area contributed by atoms with E-state index in [1.165, 1.54) is 32.9 Å². The Labute approximate surface area is 336 Å². The van der Waals surface area contributed by atoms with Crippen LogP contribution in [-0.2, 0) is 34.8 Å². The first-order valence-corrected chi connectivity index (χ1v) is 19.1. The van der Waals surface area contributed by atoms with E-state index in [0.29, 0.717) is 5.56 Å². The van der Waals surface area contributed by atoms with Crippen LogP contribution in [0.2, 0.25) is 0 Å². The third-order valence-corrected chi connectivity index (χ3v) is 11.2. The standard InChI is InChI=1S/C38H52O21/c1-12-23(43)28(48)30(50)36(54-12)58-34-25(45)14(3)53-33(32(34)52)22-18(42)10-19(21(27(22)47)17(41)9-6-15-4-7-16(40)8-5-15)56-38-35(26(46)20(11-39)57-38)59-37-31(51)29(49)24(44)13(2)55-37/h4-5,7-8,10,12-14,20,23-26,28-40,42-52H,6,9,11H2,1-3H3/t12-,13+,14-,20+,23+,24+,25+,26+,28+,29-,30-,31-,32+,33+,34+,35-,36+,37+,38-/m1/s1. The number of ketones is 1. The second-order valence-corrected chi connectivity index (χ2v) is 15.3. The fourth-order valence-electron chi connectivity index (χ4n) is 7.55. The summed E-state index contributed by atoms with van der Waals surface area (Å²) in [6.45, 7) is 3.35. The lowest BCUT2D eigenvalue weighted by Gasteiger charge is -2.46. The monoisotopic (exact) mass is 844 g/mol. The number of benzene rings is 2. The van der Waals surface area contributed by atoms with Crippen molar-refractivity contribution in [2.45, 2.75) is 150 Å². The van der Waals surface area contributed by atoms with Gasteiger partial charge in [0.05, 0.1) is 30.5 Å². The summed E-state index contributed by atoms with van der Waals surface area (Å²) in [5, 5.41) is 139. The number of hydrogen-bond donors (Lipinski definition) is 13. The molecule has 330 valence electrons. The van der Waals surface area contributed by atoms with Crippen molar-refractivity contribution in [2.24, 2.45) is 0 Å². The zero-order valence-electron chi connectivity index (χ0n) is 32.1. The Morgan fingerprint density at radius 2 is 1.17 bits per heavy atom. The van der Waals surface area contributed by atoms with Gasteiger partial charge in [-0.2, -0.15) is 0 Å². The van der Waals surface area contributed by atoms with Crippen LogP contribution in [0.15, 0.2) is 30.3 Å². The number of aliphatic hydroxyl groups excluding tert-OH is 10. The van der Waals surface area contributed by atoms with Gasteiger partial charge in [0.1, 0.15) is 102 Å². The molecule has 0 unspecified atom stereocenters. The van der Waals surface area contributed by atoms with E-state index in [-0.39, 0.29) is 18.6 Å². The second kappa shape index (κ2) is 18.3. The number of rotatable bonds is 12. The summed E-state index contributed by atoms with van der Waals surface area (Å²) in [6, 6.07) is 6.77. The summed E-state index contributed by atoms with van der Waals surface area (Å²) >= 11 is 0. The summed E-state index contributed by atoms with van der Waals surface area (Å²) in [5.74, 6) is -3.23. The van der Waals surface area contributed by atoms with Crippen LogP contribution >= 0.6 is 0 Å². The van der Waals surface area contributed by atoms with Gasteiger partial charge in [0, 0.05) is 12.5 Å². The van der Waals surface area contributed by atoms with E-state index >= 15 is 0 Å². The summed E-state index contributed by atoms with van der Waals surface area (Å²) in [5.41, 5.74) is -0.585. The first-order chi connectivity index (χ1) is 27.8. The molecular formula is C38H52O21. The maximum Gasteiger partial charge on any atom is 0.229 e. The number of aliphatic hydroxyl groups is 10. The Bertz CT molecular complexity index is 1750. The molecule has 0 aromatic heterocycles. The Kier molecular flexibility index (Phi) is 14.0. The van der Waals surface area contributed by atoms with Gasteiger partial charge in [-0.05, 0) is 44.9 Å². The highest BCUT2D eigenvalue weighted by Gasteiger charge is 2.53. The first kappa shape index (κ1) is 45.2. The minimum absolute atomic E-state index is 0.0277. The van der Waals surface area contributed by atoms with Gasteiger partial charge in [0.25, 0.3) is 0 Å². The molecular weight excluding hydrogens is 792 g/mol. The van der Waals surface area contributed by atoms with Gasteiger partial charge < -0.3 is 99.5 Å². The maximum absolute atomic E-state index is 14.1. The second-order valence-electron chi connectivity index (χ2n) is 15.3. The summed E-state index contributed by atoms with van der Waals surface area (Å²) < 4.78 is 40.0. The average Bonchev–Trinajstić information content (AvgIpc) is 3.49. The largest absolute Gasteiger partial charge is 0.508 e. The van der Waals surface area contributed by atoms with Crippen LogP contribution in [0, 0.1) is 0 Å². The van der Waals surface area contributed by atoms with Gasteiger partial charge >= 0.3 is 0 Å². The van der Waals surface area contributed by atoms with Gasteiger partial charge in [-0.1, -0.05) is 12.1 Å². The molecule has 19 atom stereocenters. The van der Waals surface area contributed by atoms with E-state index in [9.17, 15) is 71.2 Å². The molecule has 0 spiro atoms. The number of phenolic OH excluding ortho intramolecular Hbond substituents is 3. The predicted octanol–water partition coefficient (Wildman–Crippen LogP) is -3.32. The molecule has 0 radical (unpaired) electrons. The molecule has 6 rings (SSSR count).